The van der Waals surface area contributed by atoms with Crippen LogP contribution in [0.1, 0.15) is 9.68 Å². The maximum Gasteiger partial charge on any atom is 0.120 e. The topological polar surface area (TPSA) is 43.9 Å². The van der Waals surface area contributed by atoms with Gasteiger partial charge in [0.1, 0.15) is 5.58 Å². The zero-order valence-electron chi connectivity index (χ0n) is 32.0. The molecule has 0 aliphatic carbocycles. The number of para-hydroxylation sites is 4. The smallest absolute Gasteiger partial charge is 0.120 e. The molecule has 9 aromatic rings. The van der Waals surface area contributed by atoms with Crippen molar-refractivity contribution in [2.75, 3.05) is 0 Å². The summed E-state index contributed by atoms with van der Waals surface area (Å²) in [5.74, 6) is 0.814. The largest absolute Gasteiger partial charge is 0.501 e. The van der Waals surface area contributed by atoms with Crippen LogP contribution in [-0.2, 0) is 20.1 Å². The number of rotatable bonds is 5. The summed E-state index contributed by atoms with van der Waals surface area (Å²) in [6.45, 7) is 4.76. The Labute approximate surface area is 323 Å². The minimum atomic E-state index is -2.08. The van der Waals surface area contributed by atoms with Crippen LogP contribution in [0.2, 0.25) is 19.6 Å². The van der Waals surface area contributed by atoms with Crippen LogP contribution in [0.4, 0.5) is 0 Å². The Balaban J connectivity index is 0.000000191. The summed E-state index contributed by atoms with van der Waals surface area (Å²) in [6, 6.07) is 54.8. The molecular weight excluding hydrogens is 831 g/mol. The first-order valence-electron chi connectivity index (χ1n) is 18.5. The van der Waals surface area contributed by atoms with Crippen molar-refractivity contribution in [2.24, 2.45) is 0 Å². The number of furan rings is 1. The maximum atomic E-state index is 7.35. The molecule has 6 aromatic carbocycles. The molecule has 3 heterocycles. The first kappa shape index (κ1) is 31.4. The Morgan fingerprint density at radius 1 is 0.731 bits per heavy atom. The molecule has 0 aliphatic rings. The quantitative estimate of drug-likeness (QED) is 0.128. The Morgan fingerprint density at radius 2 is 1.50 bits per heavy atom. The summed E-state index contributed by atoms with van der Waals surface area (Å²) < 4.78 is 30.6. The van der Waals surface area contributed by atoms with E-state index >= 15 is 0 Å². The average molecular weight is 871 g/mol. The second kappa shape index (κ2) is 14.7. The van der Waals surface area contributed by atoms with Gasteiger partial charge >= 0.3 is 0 Å². The molecule has 0 fully saturated rings. The fourth-order valence-electron chi connectivity index (χ4n) is 6.41. The van der Waals surface area contributed by atoms with Gasteiger partial charge in [-0.3, -0.25) is 4.98 Å². The molecule has 3 aromatic heterocycles. The van der Waals surface area contributed by atoms with Crippen LogP contribution in [-0.4, -0.2) is 22.6 Å². The Bertz CT molecular complexity index is 2680. The van der Waals surface area contributed by atoms with Crippen LogP contribution in [0.3, 0.4) is 0 Å². The van der Waals surface area contributed by atoms with Gasteiger partial charge in [0, 0.05) is 47.1 Å². The van der Waals surface area contributed by atoms with Gasteiger partial charge in [0.25, 0.3) is 0 Å². The molecule has 52 heavy (non-hydrogen) atoms. The van der Waals surface area contributed by atoms with Crippen molar-refractivity contribution in [3.8, 4) is 39.5 Å². The molecule has 0 saturated carbocycles. The van der Waals surface area contributed by atoms with E-state index < -0.39 is 14.9 Å². The summed E-state index contributed by atoms with van der Waals surface area (Å²) >= 11 is 0. The van der Waals surface area contributed by atoms with Crippen LogP contribution in [0.15, 0.2) is 156 Å². The number of benzene rings is 6. The minimum absolute atomic E-state index is 0. The number of nitrogens with zero attached hydrogens (tertiary/aromatic N) is 3. The molecule has 0 N–H and O–H groups in total. The predicted molar refractivity (Wildman–Crippen MR) is 214 cm³/mol. The number of hydrogen-bond donors (Lipinski definition) is 0. The van der Waals surface area contributed by atoms with E-state index in [1.165, 1.54) is 11.3 Å². The fourth-order valence-corrected chi connectivity index (χ4v) is 7.44. The number of fused-ring (bicyclic) bond motifs is 4. The maximum absolute atomic E-state index is 7.35. The van der Waals surface area contributed by atoms with E-state index in [-0.39, 0.29) is 20.1 Å². The molecule has 0 saturated heterocycles. The third-order valence-corrected chi connectivity index (χ3v) is 11.1. The van der Waals surface area contributed by atoms with E-state index in [9.17, 15) is 0 Å². The van der Waals surface area contributed by atoms with E-state index in [2.05, 4.69) is 126 Å². The minimum Gasteiger partial charge on any atom is -0.501 e. The average Bonchev–Trinajstić information content (AvgIpc) is 3.77. The van der Waals surface area contributed by atoms with Crippen molar-refractivity contribution in [3.63, 3.8) is 0 Å². The van der Waals surface area contributed by atoms with Crippen LogP contribution < -0.4 is 5.19 Å². The van der Waals surface area contributed by atoms with Crippen LogP contribution in [0.5, 0.6) is 0 Å². The van der Waals surface area contributed by atoms with Gasteiger partial charge in [0.2, 0.25) is 0 Å². The molecule has 9 rings (SSSR count). The Morgan fingerprint density at radius 3 is 2.27 bits per heavy atom. The summed E-state index contributed by atoms with van der Waals surface area (Å²) in [5.41, 5.74) is 9.82. The van der Waals surface area contributed by atoms with Crippen molar-refractivity contribution < 1.29 is 28.6 Å². The van der Waals surface area contributed by atoms with Crippen molar-refractivity contribution in [3.05, 3.63) is 169 Å². The Kier molecular flexibility index (Phi) is 8.85. The molecule has 6 heteroatoms. The van der Waals surface area contributed by atoms with Crippen LogP contribution in [0.25, 0.3) is 72.4 Å². The monoisotopic (exact) mass is 871 g/mol. The van der Waals surface area contributed by atoms with Crippen molar-refractivity contribution >= 4 is 46.2 Å². The second-order valence-electron chi connectivity index (χ2n) is 13.5. The molecule has 0 aliphatic heterocycles. The van der Waals surface area contributed by atoms with E-state index in [0.717, 1.165) is 72.4 Å². The van der Waals surface area contributed by atoms with E-state index in [4.69, 9.17) is 13.5 Å². The summed E-state index contributed by atoms with van der Waals surface area (Å²) in [6.07, 6.45) is 1.92. The molecular formula is C46H37IrN3OSi-2. The molecule has 0 spiro atoms. The van der Waals surface area contributed by atoms with Gasteiger partial charge in [-0.2, -0.15) is 0 Å². The molecule has 0 unspecified atom stereocenters. The second-order valence-corrected chi connectivity index (χ2v) is 18.6. The number of pyridine rings is 1. The van der Waals surface area contributed by atoms with Gasteiger partial charge < -0.3 is 14.0 Å². The molecule has 0 bridgehead atoms. The van der Waals surface area contributed by atoms with Crippen molar-refractivity contribution in [1.29, 1.82) is 0 Å². The van der Waals surface area contributed by atoms with E-state index in [1.54, 1.807) is 12.1 Å². The summed E-state index contributed by atoms with van der Waals surface area (Å²) in [5, 5.41) is 3.47. The van der Waals surface area contributed by atoms with Crippen LogP contribution in [0, 0.1) is 19.0 Å². The van der Waals surface area contributed by atoms with Gasteiger partial charge in [-0.1, -0.05) is 128 Å². The first-order valence-corrected chi connectivity index (χ1v) is 20.5. The zero-order valence-corrected chi connectivity index (χ0v) is 32.4. The van der Waals surface area contributed by atoms with Crippen molar-refractivity contribution in [2.45, 2.75) is 26.5 Å². The number of hydrogen-bond acceptors (Lipinski definition) is 3. The normalized spacial score (nSPS) is 12.4. The van der Waals surface area contributed by atoms with Crippen LogP contribution >= 0.6 is 0 Å². The van der Waals surface area contributed by atoms with Gasteiger partial charge in [-0.05, 0) is 40.7 Å². The van der Waals surface area contributed by atoms with E-state index in [1.807, 2.05) is 48.7 Å². The molecule has 0 amide bonds. The molecule has 0 atom stereocenters. The number of imidazole rings is 1. The van der Waals surface area contributed by atoms with Gasteiger partial charge in [-0.25, -0.2) is 0 Å². The number of aryl methyl sites for hydroxylation is 1. The van der Waals surface area contributed by atoms with Gasteiger partial charge in [-0.15, -0.1) is 53.6 Å². The SMILES string of the molecule is [2H]C([2H])([2H])c1c[c-]c(-c2ccc([Si](C)(C)C)cn2)cc1.[Ir].[c-]1ccc2c(oc3ccccc32)c1-c1nc2ccccc2n1-c1ccccc1-c1ccccc1. The summed E-state index contributed by atoms with van der Waals surface area (Å²) in [4.78, 5) is 9.56. The Hall–Kier alpha value is -5.39. The third-order valence-electron chi connectivity index (χ3n) is 9.07. The fraction of sp³-hybridized carbons (Fsp3) is 0.0870. The van der Waals surface area contributed by atoms with Crippen molar-refractivity contribution in [1.82, 2.24) is 14.5 Å². The van der Waals surface area contributed by atoms with Gasteiger partial charge in [0.05, 0.1) is 30.5 Å². The zero-order chi connectivity index (χ0) is 37.5. The van der Waals surface area contributed by atoms with E-state index in [0.29, 0.717) is 5.56 Å². The molecule has 4 nitrogen and oxygen atoms in total. The number of aromatic nitrogens is 3. The predicted octanol–water partition coefficient (Wildman–Crippen LogP) is 11.5. The summed E-state index contributed by atoms with van der Waals surface area (Å²) in [7, 11) is -1.34. The molecule has 1 radical (unpaired) electrons. The third kappa shape index (κ3) is 6.81. The molecule has 257 valence electrons. The van der Waals surface area contributed by atoms with Gasteiger partial charge in [0.15, 0.2) is 0 Å². The first-order chi connectivity index (χ1) is 26.1. The standard InChI is InChI=1S/C31H19N2O.C15H18NSi.Ir/c1-2-11-21(12-3-1)22-13-4-7-18-27(22)33-28-19-8-6-17-26(28)32-31(33)25-16-10-15-24-23-14-5-9-20-29(23)34-30(24)25;1-12-5-7-13(8-6-12)15-10-9-14(11-16-15)17(2,3)4;/h1-15,17-20H;5-7,9-11H,1-4H3;/q2*-1;/i;1D3;.